The van der Waals surface area contributed by atoms with Crippen molar-refractivity contribution in [3.05, 3.63) is 29.8 Å². The van der Waals surface area contributed by atoms with Gasteiger partial charge in [-0.15, -0.1) is 0 Å². The van der Waals surface area contributed by atoms with Crippen LogP contribution in [-0.4, -0.2) is 23.5 Å². The van der Waals surface area contributed by atoms with Gasteiger partial charge in [-0.3, -0.25) is 9.59 Å². The zero-order chi connectivity index (χ0) is 13.8. The minimum absolute atomic E-state index is 0.0871. The van der Waals surface area contributed by atoms with Crippen LogP contribution in [0.25, 0.3) is 0 Å². The van der Waals surface area contributed by atoms with Crippen molar-refractivity contribution in [1.29, 1.82) is 0 Å². The number of aryl methyl sites for hydroxylation is 1. The molecular formula is C15H19NO3. The minimum Gasteiger partial charge on any atom is -0.480 e. The second-order valence-electron chi connectivity index (χ2n) is 5.21. The molecule has 1 amide bonds. The number of benzene rings is 1. The predicted octanol–water partition coefficient (Wildman–Crippen LogP) is 2.60. The summed E-state index contributed by atoms with van der Waals surface area (Å²) in [7, 11) is 0. The van der Waals surface area contributed by atoms with Crippen molar-refractivity contribution in [1.82, 2.24) is 0 Å². The molecule has 1 N–H and O–H groups in total. The van der Waals surface area contributed by atoms with Crippen molar-refractivity contribution < 1.29 is 14.7 Å². The highest BCUT2D eigenvalue weighted by atomic mass is 16.4. The van der Waals surface area contributed by atoms with E-state index in [0.717, 1.165) is 18.4 Å². The Bertz CT molecular complexity index is 463. The van der Waals surface area contributed by atoms with Crippen LogP contribution in [0.4, 0.5) is 5.69 Å². The molecule has 4 heteroatoms. The number of carbonyl (C=O) groups excluding carboxylic acids is 1. The van der Waals surface area contributed by atoms with Crippen molar-refractivity contribution in [2.45, 2.75) is 32.6 Å². The van der Waals surface area contributed by atoms with E-state index in [-0.39, 0.29) is 12.5 Å². The lowest BCUT2D eigenvalue weighted by Crippen LogP contribution is -2.37. The Kier molecular flexibility index (Phi) is 4.20. The zero-order valence-corrected chi connectivity index (χ0v) is 11.1. The number of hydrogen-bond acceptors (Lipinski definition) is 2. The quantitative estimate of drug-likeness (QED) is 0.886. The number of hydrogen-bond donors (Lipinski definition) is 1. The number of aliphatic carboxylic acids is 1. The maximum atomic E-state index is 12.2. The van der Waals surface area contributed by atoms with Gasteiger partial charge >= 0.3 is 5.97 Å². The second-order valence-corrected chi connectivity index (χ2v) is 5.21. The largest absolute Gasteiger partial charge is 0.480 e. The van der Waals surface area contributed by atoms with E-state index in [0.29, 0.717) is 18.0 Å². The maximum absolute atomic E-state index is 12.2. The number of amides is 1. The summed E-state index contributed by atoms with van der Waals surface area (Å²) in [6.45, 7) is 1.69. The topological polar surface area (TPSA) is 57.6 Å². The molecule has 0 heterocycles. The third-order valence-corrected chi connectivity index (χ3v) is 3.63. The number of nitrogens with zero attached hydrogens (tertiary/aromatic N) is 1. The van der Waals surface area contributed by atoms with E-state index in [4.69, 9.17) is 5.11 Å². The molecular weight excluding hydrogens is 242 g/mol. The SMILES string of the molecule is Cc1ccc(N(CC(=O)O)C(=O)CC2CCC2)cc1. The molecule has 4 nitrogen and oxygen atoms in total. The fraction of sp³-hybridized carbons (Fsp3) is 0.467. The molecule has 0 bridgehead atoms. The summed E-state index contributed by atoms with van der Waals surface area (Å²) >= 11 is 0. The summed E-state index contributed by atoms with van der Waals surface area (Å²) in [6.07, 6.45) is 3.81. The van der Waals surface area contributed by atoms with Crippen LogP contribution in [0.2, 0.25) is 0 Å². The van der Waals surface area contributed by atoms with Crippen molar-refractivity contribution >= 4 is 17.6 Å². The smallest absolute Gasteiger partial charge is 0.323 e. The third-order valence-electron chi connectivity index (χ3n) is 3.63. The molecule has 1 aromatic carbocycles. The Hall–Kier alpha value is -1.84. The monoisotopic (exact) mass is 261 g/mol. The van der Waals surface area contributed by atoms with Crippen molar-refractivity contribution in [2.24, 2.45) is 5.92 Å². The van der Waals surface area contributed by atoms with Crippen molar-refractivity contribution in [2.75, 3.05) is 11.4 Å². The normalized spacial score (nSPS) is 14.8. The Morgan fingerprint density at radius 3 is 2.37 bits per heavy atom. The molecule has 102 valence electrons. The first-order chi connectivity index (χ1) is 9.06. The van der Waals surface area contributed by atoms with Crippen LogP contribution in [0.15, 0.2) is 24.3 Å². The molecule has 1 aromatic rings. The molecule has 2 rings (SSSR count). The summed E-state index contributed by atoms with van der Waals surface area (Å²) in [6, 6.07) is 7.38. The van der Waals surface area contributed by atoms with Gasteiger partial charge in [-0.1, -0.05) is 24.1 Å². The fourth-order valence-electron chi connectivity index (χ4n) is 2.24. The molecule has 19 heavy (non-hydrogen) atoms. The van der Waals surface area contributed by atoms with Crippen LogP contribution >= 0.6 is 0 Å². The Labute approximate surface area is 113 Å². The average Bonchev–Trinajstić information content (AvgIpc) is 2.31. The fourth-order valence-corrected chi connectivity index (χ4v) is 2.24. The first-order valence-corrected chi connectivity index (χ1v) is 6.65. The van der Waals surface area contributed by atoms with Crippen molar-refractivity contribution in [3.63, 3.8) is 0 Å². The lowest BCUT2D eigenvalue weighted by Gasteiger charge is -2.28. The van der Waals surface area contributed by atoms with E-state index in [1.807, 2.05) is 19.1 Å². The lowest BCUT2D eigenvalue weighted by molar-refractivity contribution is -0.136. The van der Waals surface area contributed by atoms with Gasteiger partial charge in [-0.2, -0.15) is 0 Å². The van der Waals surface area contributed by atoms with E-state index in [1.165, 1.54) is 11.3 Å². The Balaban J connectivity index is 2.11. The molecule has 0 radical (unpaired) electrons. The minimum atomic E-state index is -0.984. The summed E-state index contributed by atoms with van der Waals surface area (Å²) in [5.74, 6) is -0.632. The van der Waals surface area contributed by atoms with E-state index in [9.17, 15) is 9.59 Å². The van der Waals surface area contributed by atoms with Gasteiger partial charge in [0.25, 0.3) is 0 Å². The summed E-state index contributed by atoms with van der Waals surface area (Å²) in [5.41, 5.74) is 1.75. The highest BCUT2D eigenvalue weighted by Gasteiger charge is 2.25. The molecule has 0 saturated heterocycles. The predicted molar refractivity (Wildman–Crippen MR) is 73.1 cm³/mol. The molecule has 0 aromatic heterocycles. The molecule has 0 aliphatic heterocycles. The van der Waals surface area contributed by atoms with Gasteiger partial charge in [-0.05, 0) is 37.8 Å². The number of anilines is 1. The van der Waals surface area contributed by atoms with Gasteiger partial charge in [0.1, 0.15) is 6.54 Å². The molecule has 0 unspecified atom stereocenters. The highest BCUT2D eigenvalue weighted by molar-refractivity contribution is 5.97. The molecule has 1 aliphatic rings. The van der Waals surface area contributed by atoms with E-state index < -0.39 is 5.97 Å². The van der Waals surface area contributed by atoms with E-state index in [1.54, 1.807) is 12.1 Å². The summed E-state index contributed by atoms with van der Waals surface area (Å²) in [4.78, 5) is 24.5. The Morgan fingerprint density at radius 1 is 1.26 bits per heavy atom. The average molecular weight is 261 g/mol. The zero-order valence-electron chi connectivity index (χ0n) is 11.1. The second kappa shape index (κ2) is 5.87. The first-order valence-electron chi connectivity index (χ1n) is 6.65. The number of rotatable bonds is 5. The molecule has 0 atom stereocenters. The standard InChI is InChI=1S/C15H19NO3/c1-11-5-7-13(8-6-11)16(10-15(18)19)14(17)9-12-3-2-4-12/h5-8,12H,2-4,9-10H2,1H3,(H,18,19). The van der Waals surface area contributed by atoms with Crippen LogP contribution in [0.1, 0.15) is 31.2 Å². The third kappa shape index (κ3) is 3.56. The first kappa shape index (κ1) is 13.6. The number of carboxylic acid groups (broad SMARTS) is 1. The van der Waals surface area contributed by atoms with Gasteiger partial charge < -0.3 is 10.0 Å². The summed E-state index contributed by atoms with van der Waals surface area (Å²) < 4.78 is 0. The van der Waals surface area contributed by atoms with E-state index in [2.05, 4.69) is 0 Å². The van der Waals surface area contributed by atoms with Gasteiger partial charge in [0, 0.05) is 12.1 Å². The molecule has 0 spiro atoms. The van der Waals surface area contributed by atoms with Crippen LogP contribution in [-0.2, 0) is 9.59 Å². The van der Waals surface area contributed by atoms with Crippen LogP contribution < -0.4 is 4.90 Å². The van der Waals surface area contributed by atoms with Crippen LogP contribution in [0, 0.1) is 12.8 Å². The molecule has 1 saturated carbocycles. The van der Waals surface area contributed by atoms with E-state index >= 15 is 0 Å². The van der Waals surface area contributed by atoms with Gasteiger partial charge in [-0.25, -0.2) is 0 Å². The molecule has 1 fully saturated rings. The van der Waals surface area contributed by atoms with Crippen molar-refractivity contribution in [3.8, 4) is 0 Å². The number of carbonyl (C=O) groups is 2. The molecule has 1 aliphatic carbocycles. The Morgan fingerprint density at radius 2 is 1.89 bits per heavy atom. The van der Waals surface area contributed by atoms with Gasteiger partial charge in [0.15, 0.2) is 0 Å². The van der Waals surface area contributed by atoms with Gasteiger partial charge in [0.2, 0.25) is 5.91 Å². The maximum Gasteiger partial charge on any atom is 0.323 e. The highest BCUT2D eigenvalue weighted by Crippen LogP contribution is 2.30. The van der Waals surface area contributed by atoms with Crippen LogP contribution in [0.3, 0.4) is 0 Å². The van der Waals surface area contributed by atoms with Gasteiger partial charge in [0.05, 0.1) is 0 Å². The van der Waals surface area contributed by atoms with Crippen LogP contribution in [0.5, 0.6) is 0 Å². The number of carboxylic acids is 1. The lowest BCUT2D eigenvalue weighted by atomic mass is 9.82. The summed E-state index contributed by atoms with van der Waals surface area (Å²) in [5, 5.41) is 8.96.